The predicted octanol–water partition coefficient (Wildman–Crippen LogP) is 2.16. The van der Waals surface area contributed by atoms with E-state index < -0.39 is 22.6 Å². The van der Waals surface area contributed by atoms with Crippen molar-refractivity contribution in [2.45, 2.75) is 30.8 Å². The van der Waals surface area contributed by atoms with Crippen molar-refractivity contribution in [2.75, 3.05) is 39.1 Å². The third kappa shape index (κ3) is 10.8. The molecule has 0 unspecified atom stereocenters. The maximum atomic E-state index is 12.0. The van der Waals surface area contributed by atoms with Gasteiger partial charge in [0.25, 0.3) is 0 Å². The van der Waals surface area contributed by atoms with Gasteiger partial charge in [-0.3, -0.25) is 4.99 Å². The number of sulfone groups is 1. The molecule has 0 spiro atoms. The van der Waals surface area contributed by atoms with E-state index in [1.807, 2.05) is 6.92 Å². The fourth-order valence-electron chi connectivity index (χ4n) is 2.12. The number of nitrogens with zero attached hydrogens (tertiary/aromatic N) is 1. The molecule has 0 bridgehead atoms. The van der Waals surface area contributed by atoms with Gasteiger partial charge in [0.15, 0.2) is 15.8 Å². The van der Waals surface area contributed by atoms with E-state index in [0.717, 1.165) is 11.8 Å². The Morgan fingerprint density at radius 2 is 1.85 bits per heavy atom. The van der Waals surface area contributed by atoms with Crippen LogP contribution in [0.25, 0.3) is 0 Å². The lowest BCUT2D eigenvalue weighted by atomic mass is 10.1. The Hall–Kier alpha value is -1.81. The number of alkyl halides is 3. The monoisotopic (exact) mass is 409 g/mol. The first-order valence-corrected chi connectivity index (χ1v) is 10.5. The molecule has 0 aromatic heterocycles. The van der Waals surface area contributed by atoms with E-state index in [1.165, 1.54) is 0 Å². The topological polar surface area (TPSA) is 79.8 Å². The maximum Gasteiger partial charge on any atom is 0.411 e. The Kier molecular flexibility index (Phi) is 9.57. The molecule has 0 aliphatic heterocycles. The van der Waals surface area contributed by atoms with Crippen LogP contribution in [0.1, 0.15) is 18.9 Å². The Morgan fingerprint density at radius 1 is 1.19 bits per heavy atom. The van der Waals surface area contributed by atoms with Gasteiger partial charge < -0.3 is 15.4 Å². The van der Waals surface area contributed by atoms with Gasteiger partial charge in [-0.25, -0.2) is 8.42 Å². The summed E-state index contributed by atoms with van der Waals surface area (Å²) in [4.78, 5) is 4.56. The van der Waals surface area contributed by atoms with Crippen LogP contribution in [0.4, 0.5) is 13.2 Å². The van der Waals surface area contributed by atoms with Crippen molar-refractivity contribution in [1.29, 1.82) is 0 Å². The minimum atomic E-state index is -4.31. The number of benzene rings is 1. The van der Waals surface area contributed by atoms with E-state index in [4.69, 9.17) is 0 Å². The summed E-state index contributed by atoms with van der Waals surface area (Å²) in [5.74, 6) is 0.570. The summed E-state index contributed by atoms with van der Waals surface area (Å²) in [5.41, 5.74) is 0.978. The van der Waals surface area contributed by atoms with Crippen LogP contribution in [-0.4, -0.2) is 59.7 Å². The van der Waals surface area contributed by atoms with Crippen molar-refractivity contribution in [3.8, 4) is 0 Å². The molecule has 0 radical (unpaired) electrons. The second-order valence-corrected chi connectivity index (χ2v) is 7.89. The van der Waals surface area contributed by atoms with Gasteiger partial charge in [-0.1, -0.05) is 12.1 Å². The van der Waals surface area contributed by atoms with E-state index >= 15 is 0 Å². The minimum Gasteiger partial charge on any atom is -0.372 e. The lowest BCUT2D eigenvalue weighted by molar-refractivity contribution is -0.173. The van der Waals surface area contributed by atoms with Gasteiger partial charge in [-0.05, 0) is 37.5 Å². The fraction of sp³-hybridized carbons (Fsp3) is 0.588. The second kappa shape index (κ2) is 11.1. The number of aliphatic imine (C=N–C) groups is 1. The van der Waals surface area contributed by atoms with Crippen LogP contribution >= 0.6 is 0 Å². The van der Waals surface area contributed by atoms with Gasteiger partial charge in [0.1, 0.15) is 6.61 Å². The molecule has 2 N–H and O–H groups in total. The Labute approximate surface area is 158 Å². The average molecular weight is 409 g/mol. The lowest BCUT2D eigenvalue weighted by Crippen LogP contribution is -2.38. The number of hydrogen-bond donors (Lipinski definition) is 2. The molecule has 0 atom stereocenters. The highest BCUT2D eigenvalue weighted by Crippen LogP contribution is 2.14. The summed E-state index contributed by atoms with van der Waals surface area (Å²) in [5, 5.41) is 6.18. The molecule has 154 valence electrons. The van der Waals surface area contributed by atoms with E-state index in [-0.39, 0.29) is 11.5 Å². The van der Waals surface area contributed by atoms with Gasteiger partial charge in [-0.15, -0.1) is 0 Å². The number of nitrogens with one attached hydrogen (secondary N) is 2. The molecule has 0 fully saturated rings. The van der Waals surface area contributed by atoms with Crippen LogP contribution in [0.15, 0.2) is 34.2 Å². The highest BCUT2D eigenvalue weighted by molar-refractivity contribution is 7.90. The first-order chi connectivity index (χ1) is 12.6. The summed E-state index contributed by atoms with van der Waals surface area (Å²) in [6, 6.07) is 6.68. The molecule has 10 heteroatoms. The smallest absolute Gasteiger partial charge is 0.372 e. The summed E-state index contributed by atoms with van der Waals surface area (Å²) in [7, 11) is -3.20. The SMILES string of the molecule is CCNC(=NCCCOCC(F)(F)F)NCCc1ccc(S(C)(=O)=O)cc1. The van der Waals surface area contributed by atoms with Crippen molar-refractivity contribution < 1.29 is 26.3 Å². The van der Waals surface area contributed by atoms with Crippen LogP contribution in [0.5, 0.6) is 0 Å². The predicted molar refractivity (Wildman–Crippen MR) is 98.7 cm³/mol. The van der Waals surface area contributed by atoms with Crippen LogP contribution in [0, 0.1) is 0 Å². The molecule has 0 heterocycles. The third-order valence-electron chi connectivity index (χ3n) is 3.38. The largest absolute Gasteiger partial charge is 0.411 e. The fourth-order valence-corrected chi connectivity index (χ4v) is 2.75. The van der Waals surface area contributed by atoms with Crippen LogP contribution in [0.3, 0.4) is 0 Å². The molecular formula is C17H26F3N3O3S. The molecular weight excluding hydrogens is 383 g/mol. The van der Waals surface area contributed by atoms with E-state index in [2.05, 4.69) is 20.4 Å². The number of rotatable bonds is 10. The van der Waals surface area contributed by atoms with Gasteiger partial charge in [-0.2, -0.15) is 13.2 Å². The standard InChI is InChI=1S/C17H26F3N3O3S/c1-3-21-16(22-10-4-12-26-13-17(18,19)20)23-11-9-14-5-7-15(8-6-14)27(2,24)25/h5-8H,3-4,9-13H2,1-2H3,(H2,21,22,23). The Balaban J connectivity index is 2.37. The molecule has 27 heavy (non-hydrogen) atoms. The summed E-state index contributed by atoms with van der Waals surface area (Å²) in [6.07, 6.45) is -2.08. The zero-order valence-corrected chi connectivity index (χ0v) is 16.3. The molecule has 0 saturated carbocycles. The molecule has 0 aliphatic carbocycles. The van der Waals surface area contributed by atoms with Crippen LogP contribution in [0.2, 0.25) is 0 Å². The first-order valence-electron chi connectivity index (χ1n) is 8.57. The zero-order valence-electron chi connectivity index (χ0n) is 15.5. The molecule has 1 rings (SSSR count). The van der Waals surface area contributed by atoms with Crippen molar-refractivity contribution in [3.05, 3.63) is 29.8 Å². The van der Waals surface area contributed by atoms with Crippen molar-refractivity contribution in [1.82, 2.24) is 10.6 Å². The minimum absolute atomic E-state index is 0.00486. The Morgan fingerprint density at radius 3 is 2.41 bits per heavy atom. The highest BCUT2D eigenvalue weighted by Gasteiger charge is 2.27. The molecule has 0 aliphatic rings. The van der Waals surface area contributed by atoms with Crippen molar-refractivity contribution in [3.63, 3.8) is 0 Å². The van der Waals surface area contributed by atoms with Crippen LogP contribution < -0.4 is 10.6 Å². The lowest BCUT2D eigenvalue weighted by Gasteiger charge is -2.12. The van der Waals surface area contributed by atoms with Crippen molar-refractivity contribution >= 4 is 15.8 Å². The number of guanidine groups is 1. The summed E-state index contributed by atoms with van der Waals surface area (Å²) < 4.78 is 63.3. The van der Waals surface area contributed by atoms with Gasteiger partial charge in [0.2, 0.25) is 0 Å². The normalized spacial score (nSPS) is 12.9. The van der Waals surface area contributed by atoms with Crippen LogP contribution in [-0.2, 0) is 21.0 Å². The van der Waals surface area contributed by atoms with Crippen molar-refractivity contribution in [2.24, 2.45) is 4.99 Å². The summed E-state index contributed by atoms with van der Waals surface area (Å²) >= 11 is 0. The summed E-state index contributed by atoms with van der Waals surface area (Å²) in [6.45, 7) is 2.24. The quantitative estimate of drug-likeness (QED) is 0.352. The highest BCUT2D eigenvalue weighted by atomic mass is 32.2. The van der Waals surface area contributed by atoms with E-state index in [9.17, 15) is 21.6 Å². The average Bonchev–Trinajstić information content (AvgIpc) is 2.56. The molecule has 0 saturated heterocycles. The third-order valence-corrected chi connectivity index (χ3v) is 4.51. The van der Waals surface area contributed by atoms with E-state index in [0.29, 0.717) is 38.4 Å². The zero-order chi connectivity index (χ0) is 20.3. The number of hydrogen-bond acceptors (Lipinski definition) is 4. The number of halogens is 3. The Bertz CT molecular complexity index is 690. The van der Waals surface area contributed by atoms with Gasteiger partial charge >= 0.3 is 6.18 Å². The molecule has 1 aromatic carbocycles. The van der Waals surface area contributed by atoms with E-state index in [1.54, 1.807) is 24.3 Å². The first kappa shape index (κ1) is 23.2. The van der Waals surface area contributed by atoms with Gasteiger partial charge in [0.05, 0.1) is 4.90 Å². The molecule has 1 aromatic rings. The maximum absolute atomic E-state index is 12.0. The molecule has 6 nitrogen and oxygen atoms in total. The second-order valence-electron chi connectivity index (χ2n) is 5.87. The molecule has 0 amide bonds. The van der Waals surface area contributed by atoms with Gasteiger partial charge in [0, 0.05) is 32.5 Å². The number of ether oxygens (including phenoxy) is 1.